The third-order valence-electron chi connectivity index (χ3n) is 3.68. The zero-order chi connectivity index (χ0) is 19.3. The third-order valence-corrected chi connectivity index (χ3v) is 5.41. The third kappa shape index (κ3) is 5.15. The number of sulfonamides is 1. The summed E-state index contributed by atoms with van der Waals surface area (Å²) in [4.78, 5) is 12.5. The van der Waals surface area contributed by atoms with Crippen LogP contribution in [0.25, 0.3) is 0 Å². The molecule has 6 nitrogen and oxygen atoms in total. The molecule has 0 fully saturated rings. The van der Waals surface area contributed by atoms with Gasteiger partial charge in [-0.05, 0) is 43.7 Å². The van der Waals surface area contributed by atoms with Crippen molar-refractivity contribution in [1.29, 1.82) is 0 Å². The molecule has 0 aliphatic heterocycles. The average molecular weight is 438 g/mol. The number of nitrogens with one attached hydrogen (secondary N) is 1. The summed E-state index contributed by atoms with van der Waals surface area (Å²) in [6.45, 7) is 3.28. The van der Waals surface area contributed by atoms with Crippen molar-refractivity contribution in [1.82, 2.24) is 5.43 Å². The second kappa shape index (κ2) is 8.46. The maximum Gasteiger partial charge on any atom is 0.263 e. The lowest BCUT2D eigenvalue weighted by atomic mass is 10.1. The quantitative estimate of drug-likeness (QED) is 0.556. The predicted octanol–water partition coefficient (Wildman–Crippen LogP) is 3.14. The number of benzene rings is 2. The van der Waals surface area contributed by atoms with Gasteiger partial charge in [-0.2, -0.15) is 5.10 Å². The summed E-state index contributed by atoms with van der Waals surface area (Å²) in [6.07, 6.45) is 1.07. The summed E-state index contributed by atoms with van der Waals surface area (Å²) in [5.41, 5.74) is 4.32. The molecule has 0 heterocycles. The van der Waals surface area contributed by atoms with Gasteiger partial charge in [-0.1, -0.05) is 46.3 Å². The lowest BCUT2D eigenvalue weighted by Crippen LogP contribution is -2.46. The van der Waals surface area contributed by atoms with Crippen molar-refractivity contribution in [2.45, 2.75) is 19.9 Å². The van der Waals surface area contributed by atoms with Crippen molar-refractivity contribution in [2.24, 2.45) is 5.10 Å². The molecule has 0 aromatic heterocycles. The van der Waals surface area contributed by atoms with Crippen molar-refractivity contribution in [2.75, 3.05) is 10.6 Å². The van der Waals surface area contributed by atoms with Crippen LogP contribution in [0.5, 0.6) is 0 Å². The number of rotatable bonds is 6. The van der Waals surface area contributed by atoms with Gasteiger partial charge in [0.05, 0.1) is 17.7 Å². The summed E-state index contributed by atoms with van der Waals surface area (Å²) >= 11 is 3.38. The molecule has 0 unspecified atom stereocenters. The lowest BCUT2D eigenvalue weighted by Gasteiger charge is -2.27. The van der Waals surface area contributed by atoms with Gasteiger partial charge >= 0.3 is 0 Å². The number of halogens is 1. The van der Waals surface area contributed by atoms with Gasteiger partial charge in [-0.15, -0.1) is 0 Å². The van der Waals surface area contributed by atoms with Crippen molar-refractivity contribution in [3.8, 4) is 0 Å². The number of carbonyl (C=O) groups is 1. The molecule has 0 spiro atoms. The van der Waals surface area contributed by atoms with Gasteiger partial charge in [0.2, 0.25) is 10.0 Å². The number of para-hydroxylation sites is 1. The fraction of sp³-hybridized carbons (Fsp3) is 0.222. The monoisotopic (exact) mass is 437 g/mol. The highest BCUT2D eigenvalue weighted by Gasteiger charge is 2.28. The molecular weight excluding hydrogens is 418 g/mol. The van der Waals surface area contributed by atoms with Crippen LogP contribution >= 0.6 is 15.9 Å². The number of amides is 1. The fourth-order valence-electron chi connectivity index (χ4n) is 2.39. The Morgan fingerprint density at radius 3 is 2.38 bits per heavy atom. The minimum Gasteiger partial charge on any atom is -0.271 e. The van der Waals surface area contributed by atoms with E-state index in [-0.39, 0.29) is 0 Å². The Labute approximate surface area is 162 Å². The first-order valence-corrected chi connectivity index (χ1v) is 10.5. The standard InChI is InChI=1S/C18H20BrN3O3S/c1-13(15-8-7-9-16(19)12-15)20-21-18(23)14(2)22(26(3,24)25)17-10-5-4-6-11-17/h4-12,14H,1-3H3,(H,21,23)/b20-13-/t14-/m0/s1. The Morgan fingerprint density at radius 2 is 1.81 bits per heavy atom. The number of carbonyl (C=O) groups excluding carboxylic acids is 1. The van der Waals surface area contributed by atoms with Crippen molar-refractivity contribution >= 4 is 43.3 Å². The van der Waals surface area contributed by atoms with E-state index >= 15 is 0 Å². The number of nitrogens with zero attached hydrogens (tertiary/aromatic N) is 2. The summed E-state index contributed by atoms with van der Waals surface area (Å²) < 4.78 is 26.3. The largest absolute Gasteiger partial charge is 0.271 e. The Morgan fingerprint density at radius 1 is 1.15 bits per heavy atom. The topological polar surface area (TPSA) is 78.8 Å². The van der Waals surface area contributed by atoms with Crippen LogP contribution in [0.2, 0.25) is 0 Å². The fourth-order valence-corrected chi connectivity index (χ4v) is 3.97. The minimum atomic E-state index is -3.64. The molecule has 1 N–H and O–H groups in total. The predicted molar refractivity (Wildman–Crippen MR) is 108 cm³/mol. The molecule has 26 heavy (non-hydrogen) atoms. The normalized spacial score (nSPS) is 13.2. The summed E-state index contributed by atoms with van der Waals surface area (Å²) in [6, 6.07) is 15.0. The van der Waals surface area contributed by atoms with Gasteiger partial charge in [-0.3, -0.25) is 9.10 Å². The Bertz CT molecular complexity index is 914. The molecule has 8 heteroatoms. The zero-order valence-corrected chi connectivity index (χ0v) is 17.1. The number of hydrogen-bond donors (Lipinski definition) is 1. The van der Waals surface area contributed by atoms with Crippen LogP contribution in [0.3, 0.4) is 0 Å². The van der Waals surface area contributed by atoms with Crippen LogP contribution in [0.4, 0.5) is 5.69 Å². The van der Waals surface area contributed by atoms with Crippen LogP contribution in [-0.4, -0.2) is 32.3 Å². The highest BCUT2D eigenvalue weighted by molar-refractivity contribution is 9.10. The first kappa shape index (κ1) is 20.1. The molecular formula is C18H20BrN3O3S. The first-order valence-electron chi connectivity index (χ1n) is 7.84. The lowest BCUT2D eigenvalue weighted by molar-refractivity contribution is -0.121. The molecule has 0 radical (unpaired) electrons. The zero-order valence-electron chi connectivity index (χ0n) is 14.7. The Balaban J connectivity index is 2.20. The van der Waals surface area contributed by atoms with E-state index < -0.39 is 22.0 Å². The Hall–Kier alpha value is -2.19. The molecule has 1 atom stereocenters. The molecule has 0 aliphatic carbocycles. The van der Waals surface area contributed by atoms with Crippen LogP contribution in [0, 0.1) is 0 Å². The second-order valence-corrected chi connectivity index (χ2v) is 8.53. The highest BCUT2D eigenvalue weighted by atomic mass is 79.9. The molecule has 2 aromatic carbocycles. The van der Waals surface area contributed by atoms with Gasteiger partial charge in [0.1, 0.15) is 6.04 Å². The summed E-state index contributed by atoms with van der Waals surface area (Å²) in [7, 11) is -3.64. The number of hydrazone groups is 1. The van der Waals surface area contributed by atoms with Crippen molar-refractivity contribution in [3.05, 3.63) is 64.6 Å². The highest BCUT2D eigenvalue weighted by Crippen LogP contribution is 2.20. The molecule has 0 saturated heterocycles. The molecule has 2 aromatic rings. The maximum atomic E-state index is 12.5. The van der Waals surface area contributed by atoms with Gasteiger partial charge in [-0.25, -0.2) is 13.8 Å². The number of anilines is 1. The van der Waals surface area contributed by atoms with E-state index in [0.29, 0.717) is 11.4 Å². The van der Waals surface area contributed by atoms with Crippen LogP contribution in [0.15, 0.2) is 64.2 Å². The van der Waals surface area contributed by atoms with Gasteiger partial charge in [0, 0.05) is 4.47 Å². The molecule has 138 valence electrons. The SMILES string of the molecule is C/C(=N/NC(=O)[C@H](C)N(c1ccccc1)S(C)(=O)=O)c1cccc(Br)c1. The summed E-state index contributed by atoms with van der Waals surface area (Å²) in [5.74, 6) is -0.520. The van der Waals surface area contributed by atoms with Crippen LogP contribution in [0.1, 0.15) is 19.4 Å². The second-order valence-electron chi connectivity index (χ2n) is 5.75. The van der Waals surface area contributed by atoms with E-state index in [1.807, 2.05) is 24.3 Å². The van der Waals surface area contributed by atoms with E-state index in [0.717, 1.165) is 20.6 Å². The molecule has 0 aliphatic rings. The Kier molecular flexibility index (Phi) is 6.55. The molecule has 1 amide bonds. The van der Waals surface area contributed by atoms with Crippen LogP contribution in [-0.2, 0) is 14.8 Å². The van der Waals surface area contributed by atoms with E-state index in [1.54, 1.807) is 37.3 Å². The van der Waals surface area contributed by atoms with E-state index in [9.17, 15) is 13.2 Å². The molecule has 0 bridgehead atoms. The van der Waals surface area contributed by atoms with E-state index in [1.165, 1.54) is 6.92 Å². The van der Waals surface area contributed by atoms with Crippen molar-refractivity contribution < 1.29 is 13.2 Å². The van der Waals surface area contributed by atoms with Crippen LogP contribution < -0.4 is 9.73 Å². The summed E-state index contributed by atoms with van der Waals surface area (Å²) in [5, 5.41) is 4.09. The van der Waals surface area contributed by atoms with Crippen molar-refractivity contribution in [3.63, 3.8) is 0 Å². The van der Waals surface area contributed by atoms with Gasteiger partial charge in [0.25, 0.3) is 5.91 Å². The van der Waals surface area contributed by atoms with E-state index in [4.69, 9.17) is 0 Å². The smallest absolute Gasteiger partial charge is 0.263 e. The minimum absolute atomic E-state index is 0.422. The maximum absolute atomic E-state index is 12.5. The first-order chi connectivity index (χ1) is 12.2. The molecule has 0 saturated carbocycles. The van der Waals surface area contributed by atoms with Gasteiger partial charge in [0.15, 0.2) is 0 Å². The average Bonchev–Trinajstić information content (AvgIpc) is 2.59. The number of hydrogen-bond acceptors (Lipinski definition) is 4. The van der Waals surface area contributed by atoms with E-state index in [2.05, 4.69) is 26.5 Å². The van der Waals surface area contributed by atoms with Gasteiger partial charge < -0.3 is 0 Å². The molecule has 2 rings (SSSR count).